The standard InChI is InChI=1S/C17H24BNO2/c1-16(2)17(3,4)21-18(20-16)10-9-15-11-13-7-5-6-8-14(13)12-19-15/h9-12H,5-8H2,1-4H3/b10-9+. The van der Waals surface area contributed by atoms with Crippen molar-refractivity contribution in [1.29, 1.82) is 0 Å². The first-order valence-electron chi connectivity index (χ1n) is 7.89. The Morgan fingerprint density at radius 3 is 2.33 bits per heavy atom. The Labute approximate surface area is 127 Å². The van der Waals surface area contributed by atoms with Crippen molar-refractivity contribution in [2.24, 2.45) is 0 Å². The van der Waals surface area contributed by atoms with Gasteiger partial charge in [-0.1, -0.05) is 5.98 Å². The molecule has 0 radical (unpaired) electrons. The summed E-state index contributed by atoms with van der Waals surface area (Å²) in [6.45, 7) is 8.27. The zero-order valence-electron chi connectivity index (χ0n) is 13.5. The van der Waals surface area contributed by atoms with Gasteiger partial charge in [0.1, 0.15) is 0 Å². The van der Waals surface area contributed by atoms with E-state index in [1.165, 1.54) is 36.8 Å². The Balaban J connectivity index is 1.73. The van der Waals surface area contributed by atoms with Crippen molar-refractivity contribution in [2.45, 2.75) is 64.6 Å². The summed E-state index contributed by atoms with van der Waals surface area (Å²) in [5, 5.41) is 0. The molecule has 1 aromatic rings. The van der Waals surface area contributed by atoms with Crippen LogP contribution < -0.4 is 0 Å². The predicted octanol–water partition coefficient (Wildman–Crippen LogP) is 3.61. The Morgan fingerprint density at radius 2 is 1.67 bits per heavy atom. The van der Waals surface area contributed by atoms with E-state index in [9.17, 15) is 0 Å². The lowest BCUT2D eigenvalue weighted by Crippen LogP contribution is -2.41. The molecule has 0 spiro atoms. The fourth-order valence-electron chi connectivity index (χ4n) is 2.87. The van der Waals surface area contributed by atoms with Gasteiger partial charge in [0.15, 0.2) is 0 Å². The molecule has 0 unspecified atom stereocenters. The van der Waals surface area contributed by atoms with Gasteiger partial charge in [-0.05, 0) is 76.6 Å². The second-order valence-corrected chi connectivity index (χ2v) is 7.07. The SMILES string of the molecule is CC1(C)OB(/C=C/c2cc3c(cn2)CCCC3)OC1(C)C. The summed E-state index contributed by atoms with van der Waals surface area (Å²) in [6, 6.07) is 2.20. The summed E-state index contributed by atoms with van der Waals surface area (Å²) >= 11 is 0. The summed E-state index contributed by atoms with van der Waals surface area (Å²) in [7, 11) is -0.298. The molecule has 1 saturated heterocycles. The van der Waals surface area contributed by atoms with E-state index in [1.54, 1.807) is 0 Å². The monoisotopic (exact) mass is 285 g/mol. The minimum absolute atomic E-state index is 0.286. The molecule has 0 bridgehead atoms. The van der Waals surface area contributed by atoms with Crippen molar-refractivity contribution in [3.05, 3.63) is 35.1 Å². The lowest BCUT2D eigenvalue weighted by Gasteiger charge is -2.32. The minimum atomic E-state index is -0.298. The third-order valence-corrected chi connectivity index (χ3v) is 4.94. The van der Waals surface area contributed by atoms with Crippen molar-refractivity contribution in [1.82, 2.24) is 4.98 Å². The molecule has 21 heavy (non-hydrogen) atoms. The van der Waals surface area contributed by atoms with E-state index in [4.69, 9.17) is 9.31 Å². The molecular weight excluding hydrogens is 261 g/mol. The van der Waals surface area contributed by atoms with E-state index < -0.39 is 0 Å². The van der Waals surface area contributed by atoms with Crippen molar-refractivity contribution < 1.29 is 9.31 Å². The zero-order chi connectivity index (χ0) is 15.1. The van der Waals surface area contributed by atoms with Crippen LogP contribution in [0.25, 0.3) is 6.08 Å². The summed E-state index contributed by atoms with van der Waals surface area (Å²) in [4.78, 5) is 4.53. The summed E-state index contributed by atoms with van der Waals surface area (Å²) in [6.07, 6.45) is 8.96. The average molecular weight is 285 g/mol. The van der Waals surface area contributed by atoms with Crippen LogP contribution in [-0.4, -0.2) is 23.3 Å². The molecule has 0 amide bonds. The highest BCUT2D eigenvalue weighted by molar-refractivity contribution is 6.52. The molecule has 2 heterocycles. The Hall–Kier alpha value is -1.13. The molecule has 4 heteroatoms. The van der Waals surface area contributed by atoms with Crippen LogP contribution in [0.4, 0.5) is 0 Å². The van der Waals surface area contributed by atoms with Crippen LogP contribution >= 0.6 is 0 Å². The maximum absolute atomic E-state index is 5.96. The maximum atomic E-state index is 5.96. The van der Waals surface area contributed by atoms with Crippen LogP contribution in [0.1, 0.15) is 57.4 Å². The lowest BCUT2D eigenvalue weighted by atomic mass is 9.89. The molecule has 0 saturated carbocycles. The van der Waals surface area contributed by atoms with E-state index >= 15 is 0 Å². The number of hydrogen-bond donors (Lipinski definition) is 0. The van der Waals surface area contributed by atoms with E-state index in [1.807, 2.05) is 18.2 Å². The van der Waals surface area contributed by atoms with Gasteiger partial charge in [-0.3, -0.25) is 4.98 Å². The van der Waals surface area contributed by atoms with Crippen molar-refractivity contribution >= 4 is 13.2 Å². The first-order valence-corrected chi connectivity index (χ1v) is 7.89. The number of aromatic nitrogens is 1. The second kappa shape index (κ2) is 5.26. The van der Waals surface area contributed by atoms with Crippen LogP contribution in [0.3, 0.4) is 0 Å². The van der Waals surface area contributed by atoms with Gasteiger partial charge in [-0.2, -0.15) is 0 Å². The zero-order valence-corrected chi connectivity index (χ0v) is 13.5. The van der Waals surface area contributed by atoms with E-state index in [2.05, 4.69) is 38.7 Å². The highest BCUT2D eigenvalue weighted by Gasteiger charge is 2.49. The van der Waals surface area contributed by atoms with Crippen molar-refractivity contribution in [3.63, 3.8) is 0 Å². The van der Waals surface area contributed by atoms with Gasteiger partial charge in [0.2, 0.25) is 0 Å². The molecule has 0 aromatic carbocycles. The normalized spacial score (nSPS) is 23.5. The minimum Gasteiger partial charge on any atom is -0.400 e. The van der Waals surface area contributed by atoms with Gasteiger partial charge in [0.05, 0.1) is 16.9 Å². The van der Waals surface area contributed by atoms with Crippen LogP contribution in [0.15, 0.2) is 18.2 Å². The Bertz CT molecular complexity index is 550. The molecular formula is C17H24BNO2. The molecule has 112 valence electrons. The number of nitrogens with zero attached hydrogens (tertiary/aromatic N) is 1. The third kappa shape index (κ3) is 2.92. The average Bonchev–Trinajstić information content (AvgIpc) is 2.64. The second-order valence-electron chi connectivity index (χ2n) is 7.07. The largest absolute Gasteiger partial charge is 0.487 e. The third-order valence-electron chi connectivity index (χ3n) is 4.94. The Morgan fingerprint density at radius 1 is 1.05 bits per heavy atom. The molecule has 1 aliphatic heterocycles. The quantitative estimate of drug-likeness (QED) is 0.778. The van der Waals surface area contributed by atoms with Gasteiger partial charge in [-0.25, -0.2) is 0 Å². The van der Waals surface area contributed by atoms with Gasteiger partial charge in [0.25, 0.3) is 0 Å². The van der Waals surface area contributed by atoms with Crippen LogP contribution in [-0.2, 0) is 22.2 Å². The van der Waals surface area contributed by atoms with Gasteiger partial charge in [0, 0.05) is 6.20 Å². The lowest BCUT2D eigenvalue weighted by molar-refractivity contribution is 0.00578. The molecule has 0 N–H and O–H groups in total. The number of pyridine rings is 1. The predicted molar refractivity (Wildman–Crippen MR) is 86.0 cm³/mol. The first-order chi connectivity index (χ1) is 9.87. The van der Waals surface area contributed by atoms with E-state index in [0.29, 0.717) is 0 Å². The fourth-order valence-corrected chi connectivity index (χ4v) is 2.87. The molecule has 1 aliphatic carbocycles. The van der Waals surface area contributed by atoms with Gasteiger partial charge >= 0.3 is 7.12 Å². The van der Waals surface area contributed by atoms with Crippen LogP contribution in [0, 0.1) is 0 Å². The van der Waals surface area contributed by atoms with Gasteiger partial charge < -0.3 is 9.31 Å². The molecule has 2 aliphatic rings. The molecule has 0 atom stereocenters. The highest BCUT2D eigenvalue weighted by Crippen LogP contribution is 2.37. The molecule has 1 fully saturated rings. The van der Waals surface area contributed by atoms with Crippen LogP contribution in [0.5, 0.6) is 0 Å². The summed E-state index contributed by atoms with van der Waals surface area (Å²) in [5.74, 6) is 1.97. The number of hydrogen-bond acceptors (Lipinski definition) is 3. The van der Waals surface area contributed by atoms with Crippen LogP contribution in [0.2, 0.25) is 0 Å². The summed E-state index contributed by atoms with van der Waals surface area (Å²) in [5.41, 5.74) is 3.28. The number of rotatable bonds is 2. The molecule has 3 rings (SSSR count). The Kier molecular flexibility index (Phi) is 3.70. The first kappa shape index (κ1) is 14.8. The van der Waals surface area contributed by atoms with Crippen molar-refractivity contribution in [2.75, 3.05) is 0 Å². The van der Waals surface area contributed by atoms with Crippen molar-refractivity contribution in [3.8, 4) is 0 Å². The fraction of sp³-hybridized carbons (Fsp3) is 0.588. The van der Waals surface area contributed by atoms with Gasteiger partial charge in [-0.15, -0.1) is 0 Å². The number of fused-ring (bicyclic) bond motifs is 1. The topological polar surface area (TPSA) is 31.4 Å². The number of aryl methyl sites for hydroxylation is 2. The van der Waals surface area contributed by atoms with E-state index in [-0.39, 0.29) is 18.3 Å². The van der Waals surface area contributed by atoms with E-state index in [0.717, 1.165) is 5.69 Å². The highest BCUT2D eigenvalue weighted by atomic mass is 16.7. The summed E-state index contributed by atoms with van der Waals surface area (Å²) < 4.78 is 11.9. The smallest absolute Gasteiger partial charge is 0.400 e. The molecule has 1 aromatic heterocycles. The maximum Gasteiger partial charge on any atom is 0.487 e. The molecule has 3 nitrogen and oxygen atoms in total.